The lowest BCUT2D eigenvalue weighted by Crippen LogP contribution is -2.41. The number of ether oxygens (including phenoxy) is 2. The van der Waals surface area contributed by atoms with E-state index in [-0.39, 0.29) is 0 Å². The maximum Gasteiger partial charge on any atom is 0.0858 e. The molecular weight excluding hydrogens is 128 g/mol. The highest BCUT2D eigenvalue weighted by atomic mass is 16.6. The average Bonchev–Trinajstić information content (AvgIpc) is 1.86. The van der Waals surface area contributed by atoms with Gasteiger partial charge in [0.25, 0.3) is 0 Å². The largest absolute Gasteiger partial charge is 0.376 e. The molecule has 0 aliphatic carbocycles. The molecule has 2 heteroatoms. The van der Waals surface area contributed by atoms with Crippen molar-refractivity contribution in [2.45, 2.75) is 37.9 Å². The maximum atomic E-state index is 5.56. The summed E-state index contributed by atoms with van der Waals surface area (Å²) in [6.07, 6.45) is 5.87. The number of hydrogen-bond donors (Lipinski definition) is 0. The molecule has 2 nitrogen and oxygen atoms in total. The Morgan fingerprint density at radius 2 is 1.50 bits per heavy atom. The standard InChI is InChI=1S/C8H14O2/c1-2-5-9-7(3-1)8-4-6-10-8/h7-8H,1-6H2. The summed E-state index contributed by atoms with van der Waals surface area (Å²) in [6, 6.07) is 0. The predicted molar refractivity (Wildman–Crippen MR) is 37.9 cm³/mol. The molecule has 58 valence electrons. The molecule has 0 aromatic heterocycles. The summed E-state index contributed by atoms with van der Waals surface area (Å²) >= 11 is 0. The van der Waals surface area contributed by atoms with Crippen molar-refractivity contribution in [2.75, 3.05) is 13.2 Å². The van der Waals surface area contributed by atoms with Gasteiger partial charge in [0.15, 0.2) is 0 Å². The van der Waals surface area contributed by atoms with Crippen molar-refractivity contribution in [3.8, 4) is 0 Å². The third kappa shape index (κ3) is 1.18. The van der Waals surface area contributed by atoms with Crippen LogP contribution in [0.25, 0.3) is 0 Å². The molecule has 2 rings (SSSR count). The van der Waals surface area contributed by atoms with E-state index in [0.29, 0.717) is 12.2 Å². The summed E-state index contributed by atoms with van der Waals surface area (Å²) in [4.78, 5) is 0. The van der Waals surface area contributed by atoms with Gasteiger partial charge in [0, 0.05) is 13.2 Å². The molecule has 2 heterocycles. The first kappa shape index (κ1) is 6.62. The Labute approximate surface area is 61.5 Å². The summed E-state index contributed by atoms with van der Waals surface area (Å²) in [7, 11) is 0. The maximum absolute atomic E-state index is 5.56. The summed E-state index contributed by atoms with van der Waals surface area (Å²) in [5.41, 5.74) is 0. The lowest BCUT2D eigenvalue weighted by atomic mass is 9.99. The number of hydrogen-bond acceptors (Lipinski definition) is 2. The molecule has 0 spiro atoms. The van der Waals surface area contributed by atoms with Crippen LogP contribution in [0.1, 0.15) is 25.7 Å². The van der Waals surface area contributed by atoms with Crippen molar-refractivity contribution in [2.24, 2.45) is 0 Å². The molecule has 2 aliphatic heterocycles. The Bertz CT molecular complexity index is 104. The minimum Gasteiger partial charge on any atom is -0.376 e. The molecule has 0 N–H and O–H groups in total. The molecule has 2 atom stereocenters. The molecule has 0 amide bonds. The molecule has 2 aliphatic rings. The summed E-state index contributed by atoms with van der Waals surface area (Å²) in [5.74, 6) is 0. The van der Waals surface area contributed by atoms with Crippen LogP contribution in [-0.2, 0) is 9.47 Å². The zero-order valence-electron chi connectivity index (χ0n) is 6.21. The van der Waals surface area contributed by atoms with E-state index < -0.39 is 0 Å². The Morgan fingerprint density at radius 1 is 0.800 bits per heavy atom. The van der Waals surface area contributed by atoms with Crippen LogP contribution in [0, 0.1) is 0 Å². The summed E-state index contributed by atoms with van der Waals surface area (Å²) < 4.78 is 10.9. The van der Waals surface area contributed by atoms with Gasteiger partial charge < -0.3 is 9.47 Å². The number of rotatable bonds is 1. The molecule has 0 aromatic rings. The smallest absolute Gasteiger partial charge is 0.0858 e. The quantitative estimate of drug-likeness (QED) is 0.550. The molecule has 2 saturated heterocycles. The predicted octanol–water partition coefficient (Wildman–Crippen LogP) is 1.34. The normalized spacial score (nSPS) is 40.8. The van der Waals surface area contributed by atoms with Crippen LogP contribution in [0.2, 0.25) is 0 Å². The van der Waals surface area contributed by atoms with Crippen LogP contribution in [0.5, 0.6) is 0 Å². The Balaban J connectivity index is 1.78. The van der Waals surface area contributed by atoms with Crippen molar-refractivity contribution in [3.63, 3.8) is 0 Å². The van der Waals surface area contributed by atoms with Crippen LogP contribution in [-0.4, -0.2) is 25.4 Å². The van der Waals surface area contributed by atoms with Crippen LogP contribution in [0.15, 0.2) is 0 Å². The molecular formula is C8H14O2. The van der Waals surface area contributed by atoms with Crippen LogP contribution in [0.3, 0.4) is 0 Å². The Kier molecular flexibility index (Phi) is 1.91. The highest BCUT2D eigenvalue weighted by molar-refractivity contribution is 4.78. The lowest BCUT2D eigenvalue weighted by molar-refractivity contribution is -0.149. The summed E-state index contributed by atoms with van der Waals surface area (Å²) in [5, 5.41) is 0. The van der Waals surface area contributed by atoms with Gasteiger partial charge in [0.1, 0.15) is 0 Å². The van der Waals surface area contributed by atoms with E-state index in [1.807, 2.05) is 0 Å². The van der Waals surface area contributed by atoms with Gasteiger partial charge in [-0.2, -0.15) is 0 Å². The minimum absolute atomic E-state index is 0.433. The molecule has 2 fully saturated rings. The Hall–Kier alpha value is -0.0800. The van der Waals surface area contributed by atoms with Gasteiger partial charge in [0.05, 0.1) is 12.2 Å². The van der Waals surface area contributed by atoms with Crippen molar-refractivity contribution in [1.82, 2.24) is 0 Å². The third-order valence-corrected chi connectivity index (χ3v) is 2.36. The van der Waals surface area contributed by atoms with Gasteiger partial charge in [0.2, 0.25) is 0 Å². The van der Waals surface area contributed by atoms with Crippen LogP contribution >= 0.6 is 0 Å². The van der Waals surface area contributed by atoms with Crippen molar-refractivity contribution < 1.29 is 9.47 Å². The zero-order chi connectivity index (χ0) is 6.81. The van der Waals surface area contributed by atoms with E-state index >= 15 is 0 Å². The monoisotopic (exact) mass is 142 g/mol. The van der Waals surface area contributed by atoms with Gasteiger partial charge in [-0.05, 0) is 25.7 Å². The van der Waals surface area contributed by atoms with Gasteiger partial charge in [-0.25, -0.2) is 0 Å². The van der Waals surface area contributed by atoms with E-state index in [2.05, 4.69) is 0 Å². The van der Waals surface area contributed by atoms with E-state index in [0.717, 1.165) is 13.2 Å². The summed E-state index contributed by atoms with van der Waals surface area (Å²) in [6.45, 7) is 1.90. The van der Waals surface area contributed by atoms with E-state index in [1.165, 1.54) is 25.7 Å². The van der Waals surface area contributed by atoms with E-state index in [1.54, 1.807) is 0 Å². The van der Waals surface area contributed by atoms with Gasteiger partial charge >= 0.3 is 0 Å². The van der Waals surface area contributed by atoms with Crippen molar-refractivity contribution >= 4 is 0 Å². The fourth-order valence-corrected chi connectivity index (χ4v) is 1.61. The second kappa shape index (κ2) is 2.89. The first-order valence-corrected chi connectivity index (χ1v) is 4.20. The van der Waals surface area contributed by atoms with Crippen LogP contribution in [0.4, 0.5) is 0 Å². The fraction of sp³-hybridized carbons (Fsp3) is 1.00. The molecule has 0 aromatic carbocycles. The third-order valence-electron chi connectivity index (χ3n) is 2.36. The highest BCUT2D eigenvalue weighted by Gasteiger charge is 2.29. The molecule has 0 saturated carbocycles. The topological polar surface area (TPSA) is 18.5 Å². The van der Waals surface area contributed by atoms with Crippen molar-refractivity contribution in [1.29, 1.82) is 0 Å². The minimum atomic E-state index is 0.433. The van der Waals surface area contributed by atoms with Crippen molar-refractivity contribution in [3.05, 3.63) is 0 Å². The molecule has 10 heavy (non-hydrogen) atoms. The molecule has 0 bridgehead atoms. The van der Waals surface area contributed by atoms with E-state index in [9.17, 15) is 0 Å². The lowest BCUT2D eigenvalue weighted by Gasteiger charge is -2.35. The first-order valence-electron chi connectivity index (χ1n) is 4.20. The first-order chi connectivity index (χ1) is 4.97. The van der Waals surface area contributed by atoms with Gasteiger partial charge in [-0.3, -0.25) is 0 Å². The molecule has 0 radical (unpaired) electrons. The molecule has 2 unspecified atom stereocenters. The highest BCUT2D eigenvalue weighted by Crippen LogP contribution is 2.24. The van der Waals surface area contributed by atoms with Gasteiger partial charge in [-0.15, -0.1) is 0 Å². The average molecular weight is 142 g/mol. The SMILES string of the molecule is C1CCC(C2CCO2)OC1. The second-order valence-corrected chi connectivity index (χ2v) is 3.10. The van der Waals surface area contributed by atoms with Gasteiger partial charge in [-0.1, -0.05) is 0 Å². The fourth-order valence-electron chi connectivity index (χ4n) is 1.61. The van der Waals surface area contributed by atoms with Crippen LogP contribution < -0.4 is 0 Å². The zero-order valence-corrected chi connectivity index (χ0v) is 6.21. The Morgan fingerprint density at radius 3 is 2.00 bits per heavy atom. The van der Waals surface area contributed by atoms with E-state index in [4.69, 9.17) is 9.47 Å². The second-order valence-electron chi connectivity index (χ2n) is 3.10.